The van der Waals surface area contributed by atoms with Crippen molar-refractivity contribution in [2.45, 2.75) is 6.92 Å². The van der Waals surface area contributed by atoms with E-state index < -0.39 is 0 Å². The van der Waals surface area contributed by atoms with Gasteiger partial charge in [0, 0.05) is 5.56 Å². The lowest BCUT2D eigenvalue weighted by Gasteiger charge is -1.98. The molecular weight excluding hydrogens is 164 g/mol. The highest BCUT2D eigenvalue weighted by atomic mass is 16.4. The molecule has 13 heavy (non-hydrogen) atoms. The predicted octanol–water partition coefficient (Wildman–Crippen LogP) is 2.23. The minimum atomic E-state index is 0.207. The van der Waals surface area contributed by atoms with Gasteiger partial charge in [-0.25, -0.2) is 0 Å². The molecule has 0 saturated heterocycles. The third-order valence-corrected chi connectivity index (χ3v) is 1.94. The molecule has 0 fully saturated rings. The molecule has 0 saturated carbocycles. The normalized spacial score (nSPS) is 10.2. The first-order chi connectivity index (χ1) is 6.27. The third kappa shape index (κ3) is 1.40. The van der Waals surface area contributed by atoms with Gasteiger partial charge in [-0.05, 0) is 12.5 Å². The molecule has 2 N–H and O–H groups in total. The van der Waals surface area contributed by atoms with Crippen LogP contribution < -0.4 is 5.73 Å². The smallest absolute Gasteiger partial charge is 0.292 e. The van der Waals surface area contributed by atoms with Crippen molar-refractivity contribution in [2.75, 3.05) is 5.73 Å². The van der Waals surface area contributed by atoms with E-state index in [1.54, 1.807) is 6.26 Å². The fourth-order valence-corrected chi connectivity index (χ4v) is 1.27. The van der Waals surface area contributed by atoms with Gasteiger partial charge < -0.3 is 10.2 Å². The molecular formula is C10H10N2O. The second-order valence-electron chi connectivity index (χ2n) is 2.89. The number of hydrogen-bond donors (Lipinski definition) is 1. The molecule has 0 aliphatic rings. The molecule has 0 radical (unpaired) electrons. The van der Waals surface area contributed by atoms with Crippen molar-refractivity contribution in [2.24, 2.45) is 0 Å². The molecule has 1 aromatic heterocycles. The van der Waals surface area contributed by atoms with Gasteiger partial charge in [-0.15, -0.1) is 0 Å². The molecule has 0 amide bonds. The van der Waals surface area contributed by atoms with Gasteiger partial charge in [0.05, 0.1) is 0 Å². The van der Waals surface area contributed by atoms with Crippen molar-refractivity contribution in [3.63, 3.8) is 0 Å². The van der Waals surface area contributed by atoms with Gasteiger partial charge in [-0.2, -0.15) is 4.98 Å². The van der Waals surface area contributed by atoms with Gasteiger partial charge in [0.25, 0.3) is 6.01 Å². The van der Waals surface area contributed by atoms with Crippen molar-refractivity contribution >= 4 is 6.01 Å². The van der Waals surface area contributed by atoms with Crippen molar-refractivity contribution in [1.82, 2.24) is 4.98 Å². The Kier molecular flexibility index (Phi) is 1.77. The molecule has 0 aliphatic carbocycles. The summed E-state index contributed by atoms with van der Waals surface area (Å²) in [6.07, 6.45) is 1.57. The zero-order valence-electron chi connectivity index (χ0n) is 7.32. The van der Waals surface area contributed by atoms with Gasteiger partial charge in [-0.3, -0.25) is 0 Å². The van der Waals surface area contributed by atoms with E-state index in [0.29, 0.717) is 0 Å². The van der Waals surface area contributed by atoms with Crippen molar-refractivity contribution in [3.05, 3.63) is 36.1 Å². The Morgan fingerprint density at radius 2 is 2.08 bits per heavy atom. The van der Waals surface area contributed by atoms with E-state index in [4.69, 9.17) is 10.2 Å². The summed E-state index contributed by atoms with van der Waals surface area (Å²) < 4.78 is 4.94. The lowest BCUT2D eigenvalue weighted by molar-refractivity contribution is 0.581. The fraction of sp³-hybridized carbons (Fsp3) is 0.100. The molecule has 3 heteroatoms. The lowest BCUT2D eigenvalue weighted by atomic mass is 10.1. The summed E-state index contributed by atoms with van der Waals surface area (Å²) >= 11 is 0. The van der Waals surface area contributed by atoms with Crippen LogP contribution in [0.2, 0.25) is 0 Å². The highest BCUT2D eigenvalue weighted by Crippen LogP contribution is 2.22. The van der Waals surface area contributed by atoms with Gasteiger partial charge >= 0.3 is 0 Å². The van der Waals surface area contributed by atoms with Crippen LogP contribution in [0.5, 0.6) is 0 Å². The first-order valence-corrected chi connectivity index (χ1v) is 4.04. The Labute approximate surface area is 76.2 Å². The van der Waals surface area contributed by atoms with Crippen LogP contribution in [0.1, 0.15) is 5.56 Å². The lowest BCUT2D eigenvalue weighted by Crippen LogP contribution is -1.85. The van der Waals surface area contributed by atoms with E-state index in [2.05, 4.69) is 4.98 Å². The summed E-state index contributed by atoms with van der Waals surface area (Å²) in [6, 6.07) is 8.18. The minimum Gasteiger partial charge on any atom is -0.432 e. The highest BCUT2D eigenvalue weighted by molar-refractivity contribution is 5.62. The Balaban J connectivity index is 2.52. The monoisotopic (exact) mass is 174 g/mol. The second-order valence-corrected chi connectivity index (χ2v) is 2.89. The zero-order chi connectivity index (χ0) is 9.26. The quantitative estimate of drug-likeness (QED) is 0.721. The van der Waals surface area contributed by atoms with Crippen molar-refractivity contribution in [3.8, 4) is 11.3 Å². The largest absolute Gasteiger partial charge is 0.432 e. The van der Waals surface area contributed by atoms with Crippen molar-refractivity contribution < 1.29 is 4.42 Å². The number of benzene rings is 1. The molecule has 0 spiro atoms. The second kappa shape index (κ2) is 2.94. The van der Waals surface area contributed by atoms with E-state index in [1.807, 2.05) is 31.2 Å². The van der Waals surface area contributed by atoms with E-state index in [1.165, 1.54) is 0 Å². The van der Waals surface area contributed by atoms with Gasteiger partial charge in [0.1, 0.15) is 12.0 Å². The molecule has 3 nitrogen and oxygen atoms in total. The van der Waals surface area contributed by atoms with Crippen LogP contribution in [0, 0.1) is 6.92 Å². The number of nitrogen functional groups attached to an aromatic ring is 1. The summed E-state index contributed by atoms with van der Waals surface area (Å²) in [6.45, 7) is 2.03. The molecule has 0 unspecified atom stereocenters. The van der Waals surface area contributed by atoms with E-state index in [-0.39, 0.29) is 6.01 Å². The first kappa shape index (κ1) is 7.86. The molecule has 2 rings (SSSR count). The number of nitrogens with zero attached hydrogens (tertiary/aromatic N) is 1. The standard InChI is InChI=1S/C10H10N2O/c1-7-4-2-3-5-8(7)9-6-13-10(11)12-9/h2-6H,1H3,(H2,11,12). The highest BCUT2D eigenvalue weighted by Gasteiger charge is 2.04. The molecule has 0 aliphatic heterocycles. The number of anilines is 1. The van der Waals surface area contributed by atoms with Crippen LogP contribution >= 0.6 is 0 Å². The van der Waals surface area contributed by atoms with Crippen molar-refractivity contribution in [1.29, 1.82) is 0 Å². The fourth-order valence-electron chi connectivity index (χ4n) is 1.27. The van der Waals surface area contributed by atoms with Crippen LogP contribution in [-0.4, -0.2) is 4.98 Å². The summed E-state index contributed by atoms with van der Waals surface area (Å²) in [5, 5.41) is 0. The third-order valence-electron chi connectivity index (χ3n) is 1.94. The average molecular weight is 174 g/mol. The van der Waals surface area contributed by atoms with Gasteiger partial charge in [0.15, 0.2) is 0 Å². The maximum Gasteiger partial charge on any atom is 0.292 e. The summed E-state index contributed by atoms with van der Waals surface area (Å²) in [5.41, 5.74) is 8.40. The van der Waals surface area contributed by atoms with Crippen LogP contribution in [-0.2, 0) is 0 Å². The number of rotatable bonds is 1. The van der Waals surface area contributed by atoms with E-state index in [0.717, 1.165) is 16.8 Å². The molecule has 0 atom stereocenters. The summed E-state index contributed by atoms with van der Waals surface area (Å²) in [7, 11) is 0. The Hall–Kier alpha value is -1.77. The summed E-state index contributed by atoms with van der Waals surface area (Å²) in [5.74, 6) is 0. The van der Waals surface area contributed by atoms with Crippen LogP contribution in [0.15, 0.2) is 34.9 Å². The molecule has 2 aromatic rings. The first-order valence-electron chi connectivity index (χ1n) is 4.04. The van der Waals surface area contributed by atoms with Crippen LogP contribution in [0.3, 0.4) is 0 Å². The summed E-state index contributed by atoms with van der Waals surface area (Å²) in [4.78, 5) is 4.05. The molecule has 1 aromatic carbocycles. The Bertz CT molecular complexity index is 420. The molecule has 66 valence electrons. The zero-order valence-corrected chi connectivity index (χ0v) is 7.32. The van der Waals surface area contributed by atoms with Crippen LogP contribution in [0.25, 0.3) is 11.3 Å². The van der Waals surface area contributed by atoms with Gasteiger partial charge in [-0.1, -0.05) is 24.3 Å². The predicted molar refractivity (Wildman–Crippen MR) is 51.1 cm³/mol. The Morgan fingerprint density at radius 1 is 1.31 bits per heavy atom. The number of aromatic nitrogens is 1. The maximum atomic E-state index is 5.39. The van der Waals surface area contributed by atoms with Crippen LogP contribution in [0.4, 0.5) is 6.01 Å². The SMILES string of the molecule is Cc1ccccc1-c1coc(N)n1. The number of aryl methyl sites for hydroxylation is 1. The average Bonchev–Trinajstić information content (AvgIpc) is 2.53. The van der Waals surface area contributed by atoms with Gasteiger partial charge in [0.2, 0.25) is 0 Å². The topological polar surface area (TPSA) is 52.0 Å². The molecule has 0 bridgehead atoms. The number of nitrogens with two attached hydrogens (primary N) is 1. The number of hydrogen-bond acceptors (Lipinski definition) is 3. The van der Waals surface area contributed by atoms with E-state index >= 15 is 0 Å². The molecule has 1 heterocycles. The Morgan fingerprint density at radius 3 is 2.69 bits per heavy atom. The number of oxazole rings is 1. The maximum absolute atomic E-state index is 5.39. The van der Waals surface area contributed by atoms with E-state index in [9.17, 15) is 0 Å². The minimum absolute atomic E-state index is 0.207.